The van der Waals surface area contributed by atoms with Crippen molar-refractivity contribution in [3.63, 3.8) is 0 Å². The minimum absolute atomic E-state index is 0.210. The van der Waals surface area contributed by atoms with Gasteiger partial charge in [0.25, 0.3) is 5.91 Å². The Morgan fingerprint density at radius 1 is 1.61 bits per heavy atom. The lowest BCUT2D eigenvalue weighted by molar-refractivity contribution is -0.0300. The second-order valence-electron chi connectivity index (χ2n) is 5.49. The molecule has 2 N–H and O–H groups in total. The zero-order valence-corrected chi connectivity index (χ0v) is 11.2. The predicted molar refractivity (Wildman–Crippen MR) is 68.4 cm³/mol. The molecule has 0 aliphatic heterocycles. The fourth-order valence-corrected chi connectivity index (χ4v) is 2.23. The van der Waals surface area contributed by atoms with Gasteiger partial charge in [-0.25, -0.2) is 0 Å². The third-order valence-electron chi connectivity index (χ3n) is 3.60. The Morgan fingerprint density at radius 3 is 2.72 bits per heavy atom. The molecule has 1 aromatic rings. The number of aromatic nitrogens is 2. The first-order valence-corrected chi connectivity index (χ1v) is 6.46. The number of hydrogen-bond donors (Lipinski definition) is 2. The maximum Gasteiger partial charge on any atom is 0.271 e. The number of amides is 1. The van der Waals surface area contributed by atoms with Crippen LogP contribution in [0.4, 0.5) is 0 Å². The summed E-state index contributed by atoms with van der Waals surface area (Å²) in [5, 5.41) is 16.9. The summed E-state index contributed by atoms with van der Waals surface area (Å²) in [6.07, 6.45) is 2.58. The zero-order chi connectivity index (χ0) is 13.3. The zero-order valence-electron chi connectivity index (χ0n) is 11.2. The van der Waals surface area contributed by atoms with Crippen molar-refractivity contribution in [2.24, 2.45) is 7.05 Å². The summed E-state index contributed by atoms with van der Waals surface area (Å²) in [5.41, 5.74) is 0.761. The van der Waals surface area contributed by atoms with Crippen molar-refractivity contribution < 1.29 is 9.90 Å². The molecule has 0 saturated heterocycles. The summed E-state index contributed by atoms with van der Waals surface area (Å²) in [6, 6.07) is 1.81. The van der Waals surface area contributed by atoms with Crippen molar-refractivity contribution in [1.82, 2.24) is 15.1 Å². The quantitative estimate of drug-likeness (QED) is 0.844. The molecule has 1 saturated carbocycles. The highest BCUT2D eigenvalue weighted by molar-refractivity contribution is 5.92. The van der Waals surface area contributed by atoms with E-state index in [1.165, 1.54) is 0 Å². The second kappa shape index (κ2) is 4.72. The summed E-state index contributed by atoms with van der Waals surface area (Å²) in [4.78, 5) is 11.9. The maximum absolute atomic E-state index is 11.9. The lowest BCUT2D eigenvalue weighted by Gasteiger charge is -2.36. The van der Waals surface area contributed by atoms with E-state index >= 15 is 0 Å². The van der Waals surface area contributed by atoms with Gasteiger partial charge in [-0.15, -0.1) is 0 Å². The highest BCUT2D eigenvalue weighted by atomic mass is 16.3. The standard InChI is InChI=1S/C13H21N3O2/c1-9(2)11-7-10(15-16(11)3)12(17)14-8-13(18)5-4-6-13/h7,9,18H,4-6,8H2,1-3H3,(H,14,17). The fourth-order valence-electron chi connectivity index (χ4n) is 2.23. The Labute approximate surface area is 107 Å². The number of nitrogens with zero attached hydrogens (tertiary/aromatic N) is 2. The summed E-state index contributed by atoms with van der Waals surface area (Å²) < 4.78 is 1.73. The highest BCUT2D eigenvalue weighted by Crippen LogP contribution is 2.30. The van der Waals surface area contributed by atoms with Crippen LogP contribution >= 0.6 is 0 Å². The van der Waals surface area contributed by atoms with E-state index in [2.05, 4.69) is 24.3 Å². The molecule has 0 spiro atoms. The normalized spacial score (nSPS) is 17.6. The molecule has 5 nitrogen and oxygen atoms in total. The number of rotatable bonds is 4. The van der Waals surface area contributed by atoms with Crippen LogP contribution in [0.2, 0.25) is 0 Å². The minimum Gasteiger partial charge on any atom is -0.388 e. The number of carbonyl (C=O) groups excluding carboxylic acids is 1. The summed E-state index contributed by atoms with van der Waals surface area (Å²) >= 11 is 0. The molecule has 1 aromatic heterocycles. The van der Waals surface area contributed by atoms with E-state index in [1.54, 1.807) is 4.68 Å². The first-order chi connectivity index (χ1) is 8.41. The molecule has 100 valence electrons. The van der Waals surface area contributed by atoms with Crippen LogP contribution in [-0.4, -0.2) is 32.9 Å². The Balaban J connectivity index is 1.98. The largest absolute Gasteiger partial charge is 0.388 e. The Bertz CT molecular complexity index is 447. The van der Waals surface area contributed by atoms with Crippen molar-refractivity contribution >= 4 is 5.91 Å². The van der Waals surface area contributed by atoms with Crippen LogP contribution < -0.4 is 5.32 Å². The Hall–Kier alpha value is -1.36. The van der Waals surface area contributed by atoms with Gasteiger partial charge < -0.3 is 10.4 Å². The molecular weight excluding hydrogens is 230 g/mol. The first-order valence-electron chi connectivity index (χ1n) is 6.46. The Kier molecular flexibility index (Phi) is 3.43. The SMILES string of the molecule is CC(C)c1cc(C(=O)NCC2(O)CCC2)nn1C. The van der Waals surface area contributed by atoms with Crippen molar-refractivity contribution in [3.8, 4) is 0 Å². The van der Waals surface area contributed by atoms with Gasteiger partial charge in [-0.05, 0) is 31.2 Å². The van der Waals surface area contributed by atoms with Gasteiger partial charge in [0.15, 0.2) is 0 Å². The van der Waals surface area contributed by atoms with E-state index in [0.717, 1.165) is 25.0 Å². The lowest BCUT2D eigenvalue weighted by Crippen LogP contribution is -2.47. The van der Waals surface area contributed by atoms with Crippen molar-refractivity contribution in [2.45, 2.75) is 44.6 Å². The predicted octanol–water partition coefficient (Wildman–Crippen LogP) is 1.19. The molecule has 1 aliphatic rings. The summed E-state index contributed by atoms with van der Waals surface area (Å²) in [7, 11) is 1.84. The van der Waals surface area contributed by atoms with Gasteiger partial charge in [0.2, 0.25) is 0 Å². The van der Waals surface area contributed by atoms with Gasteiger partial charge in [0, 0.05) is 19.3 Å². The molecule has 1 aliphatic carbocycles. The number of carbonyl (C=O) groups is 1. The fraction of sp³-hybridized carbons (Fsp3) is 0.692. The number of aliphatic hydroxyl groups is 1. The van der Waals surface area contributed by atoms with E-state index in [1.807, 2.05) is 13.1 Å². The van der Waals surface area contributed by atoms with Gasteiger partial charge in [-0.3, -0.25) is 9.48 Å². The molecule has 1 amide bonds. The number of hydrogen-bond acceptors (Lipinski definition) is 3. The Morgan fingerprint density at radius 2 is 2.28 bits per heavy atom. The van der Waals surface area contributed by atoms with E-state index in [-0.39, 0.29) is 5.91 Å². The molecule has 0 atom stereocenters. The molecule has 0 radical (unpaired) electrons. The molecule has 18 heavy (non-hydrogen) atoms. The molecule has 2 rings (SSSR count). The van der Waals surface area contributed by atoms with Gasteiger partial charge in [0.1, 0.15) is 5.69 Å². The van der Waals surface area contributed by atoms with Gasteiger partial charge >= 0.3 is 0 Å². The van der Waals surface area contributed by atoms with Crippen LogP contribution in [0.1, 0.15) is 55.2 Å². The molecule has 0 unspecified atom stereocenters. The average Bonchev–Trinajstić information content (AvgIpc) is 2.65. The molecule has 0 bridgehead atoms. The third-order valence-corrected chi connectivity index (χ3v) is 3.60. The monoisotopic (exact) mass is 251 g/mol. The molecular formula is C13H21N3O2. The summed E-state index contributed by atoms with van der Waals surface area (Å²) in [6.45, 7) is 4.45. The van der Waals surface area contributed by atoms with Crippen molar-refractivity contribution in [1.29, 1.82) is 0 Å². The van der Waals surface area contributed by atoms with E-state index in [9.17, 15) is 9.90 Å². The van der Waals surface area contributed by atoms with Crippen LogP contribution in [0.25, 0.3) is 0 Å². The number of aryl methyl sites for hydroxylation is 1. The third kappa shape index (κ3) is 2.56. The molecule has 1 fully saturated rings. The highest BCUT2D eigenvalue weighted by Gasteiger charge is 2.34. The van der Waals surface area contributed by atoms with Crippen LogP contribution in [0.5, 0.6) is 0 Å². The van der Waals surface area contributed by atoms with E-state index < -0.39 is 5.60 Å². The molecule has 5 heteroatoms. The molecule has 1 heterocycles. The topological polar surface area (TPSA) is 67.2 Å². The van der Waals surface area contributed by atoms with Crippen LogP contribution in [-0.2, 0) is 7.05 Å². The van der Waals surface area contributed by atoms with Crippen LogP contribution in [0, 0.1) is 0 Å². The summed E-state index contributed by atoms with van der Waals surface area (Å²) in [5.74, 6) is 0.123. The second-order valence-corrected chi connectivity index (χ2v) is 5.49. The minimum atomic E-state index is -0.689. The van der Waals surface area contributed by atoms with Crippen LogP contribution in [0.15, 0.2) is 6.07 Å². The van der Waals surface area contributed by atoms with Gasteiger partial charge in [0.05, 0.1) is 5.60 Å². The van der Waals surface area contributed by atoms with Gasteiger partial charge in [-0.1, -0.05) is 13.8 Å². The lowest BCUT2D eigenvalue weighted by atomic mass is 9.80. The maximum atomic E-state index is 11.9. The smallest absolute Gasteiger partial charge is 0.271 e. The van der Waals surface area contributed by atoms with E-state index in [0.29, 0.717) is 18.2 Å². The van der Waals surface area contributed by atoms with Crippen molar-refractivity contribution in [3.05, 3.63) is 17.5 Å². The molecule has 0 aromatic carbocycles. The van der Waals surface area contributed by atoms with Crippen LogP contribution in [0.3, 0.4) is 0 Å². The van der Waals surface area contributed by atoms with Gasteiger partial charge in [-0.2, -0.15) is 5.10 Å². The van der Waals surface area contributed by atoms with Crippen molar-refractivity contribution in [2.75, 3.05) is 6.54 Å². The first kappa shape index (κ1) is 13.1. The van der Waals surface area contributed by atoms with E-state index in [4.69, 9.17) is 0 Å². The number of nitrogens with one attached hydrogen (secondary N) is 1. The average molecular weight is 251 g/mol.